The molecular weight excluding hydrogens is 261 g/mol. The maximum Gasteiger partial charge on any atom is 0.451 e. The average molecular weight is 267 g/mol. The highest BCUT2D eigenvalue weighted by Gasteiger charge is 2.42. The summed E-state index contributed by atoms with van der Waals surface area (Å²) in [6, 6.07) is 7.74. The fraction of sp³-hybridized carbons (Fsp3) is 0.222. The number of carbonyl (C=O) groups is 1. The van der Waals surface area contributed by atoms with Crippen LogP contribution < -0.4 is 0 Å². The van der Waals surface area contributed by atoms with Gasteiger partial charge in [0.2, 0.25) is 0 Å². The number of halogens is 4. The standard InChI is InChI=1S/C9H6BrF3O/c10-7(8(14)9(11,12)13)6-4-2-1-3-5-6/h1-5,7H/t7-/m0/s1. The molecule has 0 heterocycles. The second kappa shape index (κ2) is 4.13. The van der Waals surface area contributed by atoms with Crippen LogP contribution in [-0.2, 0) is 4.79 Å². The summed E-state index contributed by atoms with van der Waals surface area (Å²) < 4.78 is 36.0. The first kappa shape index (κ1) is 11.2. The topological polar surface area (TPSA) is 17.1 Å². The summed E-state index contributed by atoms with van der Waals surface area (Å²) in [4.78, 5) is 9.48. The first-order chi connectivity index (χ1) is 6.43. The van der Waals surface area contributed by atoms with Gasteiger partial charge in [-0.25, -0.2) is 0 Å². The molecule has 1 atom stereocenters. The third kappa shape index (κ3) is 2.57. The molecular formula is C9H6BrF3O. The lowest BCUT2D eigenvalue weighted by Gasteiger charge is -2.11. The quantitative estimate of drug-likeness (QED) is 0.751. The summed E-state index contributed by atoms with van der Waals surface area (Å²) in [6.45, 7) is 0. The number of hydrogen-bond acceptors (Lipinski definition) is 1. The minimum atomic E-state index is -4.80. The van der Waals surface area contributed by atoms with E-state index < -0.39 is 16.8 Å². The molecule has 0 N–H and O–H groups in total. The van der Waals surface area contributed by atoms with Gasteiger partial charge in [0.05, 0.1) is 0 Å². The Hall–Kier alpha value is -0.840. The van der Waals surface area contributed by atoms with E-state index >= 15 is 0 Å². The van der Waals surface area contributed by atoms with Gasteiger partial charge in [-0.2, -0.15) is 13.2 Å². The summed E-state index contributed by atoms with van der Waals surface area (Å²) in [5, 5.41) is 0. The molecule has 0 aliphatic rings. The van der Waals surface area contributed by atoms with Gasteiger partial charge in [0.15, 0.2) is 0 Å². The van der Waals surface area contributed by atoms with Crippen LogP contribution in [0.3, 0.4) is 0 Å². The average Bonchev–Trinajstić information content (AvgIpc) is 2.15. The summed E-state index contributed by atoms with van der Waals surface area (Å²) in [5.74, 6) is -1.79. The van der Waals surface area contributed by atoms with Crippen LogP contribution in [0.4, 0.5) is 13.2 Å². The molecule has 0 unspecified atom stereocenters. The molecule has 0 aliphatic heterocycles. The molecule has 1 aromatic rings. The van der Waals surface area contributed by atoms with Crippen LogP contribution >= 0.6 is 15.9 Å². The number of carbonyl (C=O) groups excluding carboxylic acids is 1. The fourth-order valence-corrected chi connectivity index (χ4v) is 1.48. The van der Waals surface area contributed by atoms with E-state index in [1.54, 1.807) is 18.2 Å². The Morgan fingerprint density at radius 3 is 2.14 bits per heavy atom. The zero-order chi connectivity index (χ0) is 10.8. The van der Waals surface area contributed by atoms with Crippen molar-refractivity contribution in [3.05, 3.63) is 35.9 Å². The highest BCUT2D eigenvalue weighted by Crippen LogP contribution is 2.31. The number of hydrogen-bond donors (Lipinski definition) is 0. The van der Waals surface area contributed by atoms with Gasteiger partial charge in [0, 0.05) is 0 Å². The van der Waals surface area contributed by atoms with E-state index in [0.717, 1.165) is 0 Å². The van der Waals surface area contributed by atoms with E-state index in [-0.39, 0.29) is 0 Å². The van der Waals surface area contributed by atoms with Crippen molar-refractivity contribution in [2.75, 3.05) is 0 Å². The number of Topliss-reactive ketones (excluding diaryl/α,β-unsaturated/α-hetero) is 1. The maximum atomic E-state index is 12.0. The van der Waals surface area contributed by atoms with E-state index in [1.807, 2.05) is 0 Å². The summed E-state index contributed by atoms with van der Waals surface area (Å²) in [7, 11) is 0. The Balaban J connectivity index is 2.87. The van der Waals surface area contributed by atoms with Crippen LogP contribution in [-0.4, -0.2) is 12.0 Å². The molecule has 0 spiro atoms. The number of benzene rings is 1. The van der Waals surface area contributed by atoms with Crippen LogP contribution in [0, 0.1) is 0 Å². The Morgan fingerprint density at radius 1 is 1.21 bits per heavy atom. The van der Waals surface area contributed by atoms with Gasteiger partial charge in [-0.3, -0.25) is 4.79 Å². The van der Waals surface area contributed by atoms with E-state index in [9.17, 15) is 18.0 Å². The van der Waals surface area contributed by atoms with Crippen LogP contribution in [0.15, 0.2) is 30.3 Å². The lowest BCUT2D eigenvalue weighted by molar-refractivity contribution is -0.170. The summed E-state index contributed by atoms with van der Waals surface area (Å²) in [6.07, 6.45) is -4.80. The molecule has 76 valence electrons. The molecule has 5 heteroatoms. The summed E-state index contributed by atoms with van der Waals surface area (Å²) in [5.41, 5.74) is 0.301. The summed E-state index contributed by atoms with van der Waals surface area (Å²) >= 11 is 2.72. The van der Waals surface area contributed by atoms with Crippen molar-refractivity contribution in [1.82, 2.24) is 0 Å². The van der Waals surface area contributed by atoms with Crippen molar-refractivity contribution >= 4 is 21.7 Å². The van der Waals surface area contributed by atoms with Crippen molar-refractivity contribution in [3.8, 4) is 0 Å². The van der Waals surface area contributed by atoms with Gasteiger partial charge in [-0.15, -0.1) is 0 Å². The lowest BCUT2D eigenvalue weighted by Crippen LogP contribution is -2.26. The number of alkyl halides is 4. The molecule has 0 aromatic heterocycles. The minimum Gasteiger partial charge on any atom is -0.288 e. The zero-order valence-electron chi connectivity index (χ0n) is 6.88. The largest absolute Gasteiger partial charge is 0.451 e. The minimum absolute atomic E-state index is 0.301. The predicted molar refractivity (Wildman–Crippen MR) is 49.2 cm³/mol. The number of rotatable bonds is 2. The Morgan fingerprint density at radius 2 is 1.71 bits per heavy atom. The molecule has 0 fully saturated rings. The lowest BCUT2D eigenvalue weighted by atomic mass is 10.1. The second-order valence-corrected chi connectivity index (χ2v) is 3.55. The van der Waals surface area contributed by atoms with Gasteiger partial charge < -0.3 is 0 Å². The normalized spacial score (nSPS) is 13.7. The molecule has 1 nitrogen and oxygen atoms in total. The monoisotopic (exact) mass is 266 g/mol. The van der Waals surface area contributed by atoms with Crippen molar-refractivity contribution in [3.63, 3.8) is 0 Å². The SMILES string of the molecule is O=C([C@@H](Br)c1ccccc1)C(F)(F)F. The smallest absolute Gasteiger partial charge is 0.288 e. The van der Waals surface area contributed by atoms with E-state index in [1.165, 1.54) is 12.1 Å². The first-order valence-electron chi connectivity index (χ1n) is 3.73. The highest BCUT2D eigenvalue weighted by atomic mass is 79.9. The molecule has 0 bridgehead atoms. The van der Waals surface area contributed by atoms with E-state index in [4.69, 9.17) is 0 Å². The van der Waals surface area contributed by atoms with Crippen LogP contribution in [0.5, 0.6) is 0 Å². The Bertz CT molecular complexity index is 321. The van der Waals surface area contributed by atoms with Crippen molar-refractivity contribution in [2.24, 2.45) is 0 Å². The van der Waals surface area contributed by atoms with Gasteiger partial charge in [-0.1, -0.05) is 46.3 Å². The van der Waals surface area contributed by atoms with Gasteiger partial charge in [0.1, 0.15) is 4.83 Å². The molecule has 0 aliphatic carbocycles. The van der Waals surface area contributed by atoms with Gasteiger partial charge in [-0.05, 0) is 5.56 Å². The molecule has 14 heavy (non-hydrogen) atoms. The third-order valence-corrected chi connectivity index (χ3v) is 2.55. The van der Waals surface area contributed by atoms with Crippen molar-refractivity contribution in [2.45, 2.75) is 11.0 Å². The molecule has 0 radical (unpaired) electrons. The van der Waals surface area contributed by atoms with Crippen LogP contribution in [0.25, 0.3) is 0 Å². The number of ketones is 1. The first-order valence-corrected chi connectivity index (χ1v) is 4.64. The third-order valence-electron chi connectivity index (χ3n) is 1.60. The highest BCUT2D eigenvalue weighted by molar-refractivity contribution is 9.09. The van der Waals surface area contributed by atoms with Crippen LogP contribution in [0.1, 0.15) is 10.4 Å². The molecule has 0 saturated carbocycles. The maximum absolute atomic E-state index is 12.0. The molecule has 1 rings (SSSR count). The zero-order valence-corrected chi connectivity index (χ0v) is 8.47. The van der Waals surface area contributed by atoms with Crippen LogP contribution in [0.2, 0.25) is 0 Å². The fourth-order valence-electron chi connectivity index (χ4n) is 0.917. The van der Waals surface area contributed by atoms with Gasteiger partial charge >= 0.3 is 6.18 Å². The van der Waals surface area contributed by atoms with E-state index in [2.05, 4.69) is 15.9 Å². The molecule has 0 saturated heterocycles. The Labute approximate surface area is 87.1 Å². The predicted octanol–water partition coefficient (Wildman–Crippen LogP) is 3.25. The van der Waals surface area contributed by atoms with E-state index in [0.29, 0.717) is 5.56 Å². The Kier molecular flexibility index (Phi) is 3.31. The second-order valence-electron chi connectivity index (χ2n) is 2.64. The molecule has 1 aromatic carbocycles. The molecule has 0 amide bonds. The van der Waals surface area contributed by atoms with Crippen molar-refractivity contribution < 1.29 is 18.0 Å². The van der Waals surface area contributed by atoms with Gasteiger partial charge in [0.25, 0.3) is 5.78 Å². The van der Waals surface area contributed by atoms with Crippen molar-refractivity contribution in [1.29, 1.82) is 0 Å².